The highest BCUT2D eigenvalue weighted by Crippen LogP contribution is 2.31. The molecule has 0 spiro atoms. The Kier molecular flexibility index (Phi) is 4.50. The SMILES string of the molecule is COc1ccc(N2C(=O)CCC2=O)cc1S(=O)(=O)NC1=NCCS1. The van der Waals surface area contributed by atoms with Crippen LogP contribution in [-0.2, 0) is 19.6 Å². The van der Waals surface area contributed by atoms with Crippen LogP contribution < -0.4 is 14.4 Å². The second-order valence-electron chi connectivity index (χ2n) is 5.10. The molecule has 2 aliphatic heterocycles. The number of aliphatic imine (C=N–C) groups is 1. The fourth-order valence-electron chi connectivity index (χ4n) is 2.45. The number of rotatable bonds is 4. The smallest absolute Gasteiger partial charge is 0.267 e. The minimum atomic E-state index is -3.95. The van der Waals surface area contributed by atoms with Gasteiger partial charge in [-0.3, -0.25) is 24.2 Å². The minimum absolute atomic E-state index is 0.119. The van der Waals surface area contributed by atoms with Gasteiger partial charge in [0.05, 0.1) is 19.3 Å². The molecule has 2 amide bonds. The molecule has 0 atom stereocenters. The Hall–Kier alpha value is -2.07. The topological polar surface area (TPSA) is 105 Å². The monoisotopic (exact) mass is 369 g/mol. The molecule has 128 valence electrons. The van der Waals surface area contributed by atoms with Crippen LogP contribution in [0.5, 0.6) is 5.75 Å². The number of amides is 2. The molecule has 0 aliphatic carbocycles. The van der Waals surface area contributed by atoms with Crippen molar-refractivity contribution in [3.8, 4) is 5.75 Å². The number of amidine groups is 1. The van der Waals surface area contributed by atoms with Crippen molar-refractivity contribution in [2.75, 3.05) is 24.3 Å². The molecule has 1 fully saturated rings. The molecule has 10 heteroatoms. The zero-order valence-electron chi connectivity index (χ0n) is 12.8. The number of sulfonamides is 1. The summed E-state index contributed by atoms with van der Waals surface area (Å²) >= 11 is 1.31. The molecule has 2 aliphatic rings. The van der Waals surface area contributed by atoms with Crippen LogP contribution in [0.15, 0.2) is 28.1 Å². The van der Waals surface area contributed by atoms with Crippen LogP contribution in [0.1, 0.15) is 12.8 Å². The van der Waals surface area contributed by atoms with Gasteiger partial charge < -0.3 is 4.74 Å². The van der Waals surface area contributed by atoms with Crippen LogP contribution in [-0.4, -0.2) is 44.8 Å². The molecule has 3 rings (SSSR count). The van der Waals surface area contributed by atoms with Gasteiger partial charge in [-0.2, -0.15) is 0 Å². The van der Waals surface area contributed by atoms with Crippen molar-refractivity contribution >= 4 is 44.5 Å². The summed E-state index contributed by atoms with van der Waals surface area (Å²) in [5, 5.41) is 0.316. The Morgan fingerprint density at radius 1 is 1.25 bits per heavy atom. The normalized spacial score (nSPS) is 18.0. The Labute approximate surface area is 143 Å². The Morgan fingerprint density at radius 2 is 1.96 bits per heavy atom. The third-order valence-electron chi connectivity index (χ3n) is 3.55. The third kappa shape index (κ3) is 3.11. The number of benzene rings is 1. The number of carbonyl (C=O) groups is 2. The number of hydrogen-bond acceptors (Lipinski definition) is 7. The maximum absolute atomic E-state index is 12.6. The molecule has 0 saturated carbocycles. The van der Waals surface area contributed by atoms with E-state index in [1.807, 2.05) is 0 Å². The van der Waals surface area contributed by atoms with Crippen molar-refractivity contribution in [1.82, 2.24) is 4.72 Å². The number of carbonyl (C=O) groups excluding carboxylic acids is 2. The summed E-state index contributed by atoms with van der Waals surface area (Å²) in [6.07, 6.45) is 0.247. The molecule has 0 radical (unpaired) electrons. The molecule has 1 aromatic carbocycles. The summed E-state index contributed by atoms with van der Waals surface area (Å²) in [5.74, 6) is 0.134. The lowest BCUT2D eigenvalue weighted by molar-refractivity contribution is -0.121. The van der Waals surface area contributed by atoms with Gasteiger partial charge in [0.25, 0.3) is 10.0 Å². The van der Waals surface area contributed by atoms with Gasteiger partial charge in [0.2, 0.25) is 11.8 Å². The van der Waals surface area contributed by atoms with Gasteiger partial charge in [-0.05, 0) is 18.2 Å². The van der Waals surface area contributed by atoms with Crippen LogP contribution in [0.4, 0.5) is 5.69 Å². The van der Waals surface area contributed by atoms with Crippen LogP contribution >= 0.6 is 11.8 Å². The van der Waals surface area contributed by atoms with Crippen LogP contribution in [0, 0.1) is 0 Å². The largest absolute Gasteiger partial charge is 0.495 e. The first-order valence-corrected chi connectivity index (χ1v) is 9.63. The summed E-state index contributed by atoms with van der Waals surface area (Å²) in [4.78, 5) is 28.6. The summed E-state index contributed by atoms with van der Waals surface area (Å²) in [5.41, 5.74) is 0.213. The van der Waals surface area contributed by atoms with Crippen molar-refractivity contribution in [1.29, 1.82) is 0 Å². The summed E-state index contributed by atoms with van der Waals surface area (Å²) in [7, 11) is -2.60. The van der Waals surface area contributed by atoms with Gasteiger partial charge >= 0.3 is 0 Å². The highest BCUT2D eigenvalue weighted by molar-refractivity contribution is 8.15. The number of imide groups is 1. The minimum Gasteiger partial charge on any atom is -0.495 e. The van der Waals surface area contributed by atoms with E-state index in [9.17, 15) is 18.0 Å². The molecule has 1 saturated heterocycles. The van der Waals surface area contributed by atoms with Gasteiger partial charge in [-0.25, -0.2) is 8.42 Å². The molecule has 0 aromatic heterocycles. The van der Waals surface area contributed by atoms with Crippen molar-refractivity contribution in [3.63, 3.8) is 0 Å². The predicted molar refractivity (Wildman–Crippen MR) is 89.8 cm³/mol. The molecule has 2 heterocycles. The first kappa shape index (κ1) is 16.8. The van der Waals surface area contributed by atoms with Gasteiger partial charge in [-0.1, -0.05) is 11.8 Å². The molecule has 1 N–H and O–H groups in total. The third-order valence-corrected chi connectivity index (χ3v) is 5.93. The molecular weight excluding hydrogens is 354 g/mol. The molecule has 1 aromatic rings. The fraction of sp³-hybridized carbons (Fsp3) is 0.357. The highest BCUT2D eigenvalue weighted by atomic mass is 32.2. The lowest BCUT2D eigenvalue weighted by atomic mass is 10.2. The maximum atomic E-state index is 12.6. The molecule has 8 nitrogen and oxygen atoms in total. The standard InChI is InChI=1S/C14H15N3O5S2/c1-22-10-3-2-9(17-12(18)4-5-13(17)19)8-11(10)24(20,21)16-14-15-6-7-23-14/h2-3,8H,4-7H2,1H3,(H,15,16). The molecule has 0 bridgehead atoms. The molecule has 0 unspecified atom stereocenters. The van der Waals surface area contributed by atoms with Crippen LogP contribution in [0.3, 0.4) is 0 Å². The first-order valence-electron chi connectivity index (χ1n) is 7.16. The van der Waals surface area contributed by atoms with Crippen molar-refractivity contribution < 1.29 is 22.7 Å². The van der Waals surface area contributed by atoms with E-state index >= 15 is 0 Å². The number of anilines is 1. The Bertz CT molecular complexity index is 819. The van der Waals surface area contributed by atoms with E-state index < -0.39 is 10.0 Å². The van der Waals surface area contributed by atoms with Crippen molar-refractivity contribution in [2.24, 2.45) is 4.99 Å². The second-order valence-corrected chi connectivity index (χ2v) is 7.83. The molecule has 24 heavy (non-hydrogen) atoms. The summed E-state index contributed by atoms with van der Waals surface area (Å²) in [6, 6.07) is 4.18. The quantitative estimate of drug-likeness (QED) is 0.785. The zero-order valence-corrected chi connectivity index (χ0v) is 14.4. The number of nitrogens with zero attached hydrogens (tertiary/aromatic N) is 2. The maximum Gasteiger partial charge on any atom is 0.267 e. The Balaban J connectivity index is 2.01. The van der Waals surface area contributed by atoms with Crippen molar-refractivity contribution in [2.45, 2.75) is 17.7 Å². The van der Waals surface area contributed by atoms with E-state index in [4.69, 9.17) is 4.74 Å². The predicted octanol–water partition coefficient (Wildman–Crippen LogP) is 0.730. The molecular formula is C14H15N3O5S2. The fourth-order valence-corrected chi connectivity index (χ4v) is 4.67. The second kappa shape index (κ2) is 6.44. The average molecular weight is 369 g/mol. The van der Waals surface area contributed by atoms with Crippen LogP contribution in [0.25, 0.3) is 0 Å². The lowest BCUT2D eigenvalue weighted by Gasteiger charge is -2.17. The van der Waals surface area contributed by atoms with E-state index in [1.54, 1.807) is 0 Å². The van der Waals surface area contributed by atoms with E-state index in [0.29, 0.717) is 17.5 Å². The van der Waals surface area contributed by atoms with Crippen molar-refractivity contribution in [3.05, 3.63) is 18.2 Å². The first-order chi connectivity index (χ1) is 11.4. The highest BCUT2D eigenvalue weighted by Gasteiger charge is 2.32. The number of hydrogen-bond donors (Lipinski definition) is 1. The number of methoxy groups -OCH3 is 1. The van der Waals surface area contributed by atoms with Gasteiger partial charge in [0.15, 0.2) is 5.17 Å². The number of thioether (sulfide) groups is 1. The van der Waals surface area contributed by atoms with Gasteiger partial charge in [0.1, 0.15) is 10.6 Å². The van der Waals surface area contributed by atoms with E-state index in [0.717, 1.165) is 4.90 Å². The number of ether oxygens (including phenoxy) is 1. The Morgan fingerprint density at radius 3 is 2.54 bits per heavy atom. The lowest BCUT2D eigenvalue weighted by Crippen LogP contribution is -2.30. The van der Waals surface area contributed by atoms with Gasteiger partial charge in [0, 0.05) is 18.6 Å². The van der Waals surface area contributed by atoms with E-state index in [1.165, 1.54) is 37.1 Å². The van der Waals surface area contributed by atoms with E-state index in [-0.39, 0.29) is 41.0 Å². The van der Waals surface area contributed by atoms with Crippen LogP contribution in [0.2, 0.25) is 0 Å². The average Bonchev–Trinajstić information content (AvgIpc) is 3.16. The van der Waals surface area contributed by atoms with Gasteiger partial charge in [-0.15, -0.1) is 0 Å². The number of nitrogens with one attached hydrogen (secondary N) is 1. The van der Waals surface area contributed by atoms with E-state index in [2.05, 4.69) is 9.71 Å². The summed E-state index contributed by atoms with van der Waals surface area (Å²) < 4.78 is 32.8. The summed E-state index contributed by atoms with van der Waals surface area (Å²) in [6.45, 7) is 0.552. The zero-order chi connectivity index (χ0) is 17.3.